The van der Waals surface area contributed by atoms with Gasteiger partial charge in [-0.3, -0.25) is 4.79 Å². The highest BCUT2D eigenvalue weighted by molar-refractivity contribution is 5.78. The van der Waals surface area contributed by atoms with Gasteiger partial charge < -0.3 is 20.6 Å². The zero-order valence-corrected chi connectivity index (χ0v) is 17.6. The monoisotopic (exact) mass is 400 g/mol. The highest BCUT2D eigenvalue weighted by Crippen LogP contribution is 2.31. The van der Waals surface area contributed by atoms with Crippen LogP contribution in [-0.2, 0) is 4.79 Å². The van der Waals surface area contributed by atoms with E-state index in [4.69, 9.17) is 0 Å². The predicted octanol–water partition coefficient (Wildman–Crippen LogP) is 2.51. The van der Waals surface area contributed by atoms with Gasteiger partial charge in [0, 0.05) is 32.1 Å². The normalized spacial score (nSPS) is 29.6. The van der Waals surface area contributed by atoms with Gasteiger partial charge in [-0.1, -0.05) is 0 Å². The van der Waals surface area contributed by atoms with Gasteiger partial charge in [0.2, 0.25) is 11.9 Å². The van der Waals surface area contributed by atoms with Gasteiger partial charge in [-0.25, -0.2) is 4.98 Å². The molecule has 0 saturated heterocycles. The number of amides is 1. The molecular formula is C21H32N6O2. The van der Waals surface area contributed by atoms with E-state index in [0.29, 0.717) is 23.8 Å². The molecule has 0 bridgehead atoms. The number of nitrogens with one attached hydrogen (secondary N) is 2. The van der Waals surface area contributed by atoms with Crippen molar-refractivity contribution in [1.82, 2.24) is 14.9 Å². The summed E-state index contributed by atoms with van der Waals surface area (Å²) in [5, 5.41) is 26.5. The maximum atomic E-state index is 12.1. The van der Waals surface area contributed by atoms with Crippen LogP contribution in [0.15, 0.2) is 6.20 Å². The molecule has 1 heterocycles. The molecule has 3 rings (SSSR count). The molecule has 0 radical (unpaired) electrons. The lowest BCUT2D eigenvalue weighted by Crippen LogP contribution is -2.38. The number of nitrogens with zero attached hydrogens (tertiary/aromatic N) is 4. The quantitative estimate of drug-likeness (QED) is 0.696. The van der Waals surface area contributed by atoms with Gasteiger partial charge in [-0.2, -0.15) is 10.2 Å². The molecule has 8 nitrogen and oxygen atoms in total. The molecule has 1 aromatic rings. The summed E-state index contributed by atoms with van der Waals surface area (Å²) in [5.41, 5.74) is -0.277. The van der Waals surface area contributed by atoms with Crippen LogP contribution in [0, 0.1) is 17.2 Å². The van der Waals surface area contributed by atoms with Crippen LogP contribution in [0.5, 0.6) is 0 Å². The van der Waals surface area contributed by atoms with Crippen molar-refractivity contribution in [1.29, 1.82) is 5.26 Å². The summed E-state index contributed by atoms with van der Waals surface area (Å²) in [4.78, 5) is 22.7. The average Bonchev–Trinajstić information content (AvgIpc) is 2.67. The number of nitriles is 1. The molecule has 0 aliphatic heterocycles. The third-order valence-corrected chi connectivity index (χ3v) is 6.05. The molecule has 0 spiro atoms. The Bertz CT molecular complexity index is 765. The lowest BCUT2D eigenvalue weighted by Gasteiger charge is -2.34. The summed E-state index contributed by atoms with van der Waals surface area (Å²) in [7, 11) is 3.61. The van der Waals surface area contributed by atoms with Crippen LogP contribution in [0.3, 0.4) is 0 Å². The first-order valence-electron chi connectivity index (χ1n) is 10.5. The maximum Gasteiger partial charge on any atom is 0.225 e. The molecule has 2 aliphatic carbocycles. The van der Waals surface area contributed by atoms with Crippen molar-refractivity contribution in [2.24, 2.45) is 5.92 Å². The molecule has 2 atom stereocenters. The van der Waals surface area contributed by atoms with Crippen LogP contribution in [0.2, 0.25) is 0 Å². The molecule has 0 aromatic carbocycles. The van der Waals surface area contributed by atoms with Gasteiger partial charge in [0.1, 0.15) is 17.5 Å². The number of aromatic nitrogens is 2. The predicted molar refractivity (Wildman–Crippen MR) is 111 cm³/mol. The molecule has 3 N–H and O–H groups in total. The molecular weight excluding hydrogens is 368 g/mol. The Balaban J connectivity index is 1.62. The summed E-state index contributed by atoms with van der Waals surface area (Å²) in [6.45, 7) is 1.86. The molecule has 1 aromatic heterocycles. The second-order valence-electron chi connectivity index (χ2n) is 8.93. The second-order valence-corrected chi connectivity index (χ2v) is 8.93. The van der Waals surface area contributed by atoms with Crippen LogP contribution in [0.25, 0.3) is 0 Å². The number of rotatable bonds is 5. The molecule has 0 unspecified atom stereocenters. The van der Waals surface area contributed by atoms with Crippen LogP contribution in [0.4, 0.5) is 11.8 Å². The zero-order valence-electron chi connectivity index (χ0n) is 17.6. The minimum atomic E-state index is -0.681. The Morgan fingerprint density at radius 1 is 1.24 bits per heavy atom. The van der Waals surface area contributed by atoms with E-state index in [1.165, 1.54) is 0 Å². The standard InChI is InChI=1S/C21H32N6O2/c1-21(29)10-4-5-17(11-21)24-18-15(12-22)13-23-20(26-18)25-16-8-6-14(7-9-16)19(28)27(2)3/h13-14,16-17,29H,4-11H2,1-3H3,(H2,23,24,25,26)/t14?,16?,17-,21+/m1/s1. The van der Waals surface area contributed by atoms with E-state index in [-0.39, 0.29) is 23.9 Å². The SMILES string of the molecule is CN(C)C(=O)C1CCC(Nc2ncc(C#N)c(N[C@@H]3CCC[C@](C)(O)C3)n2)CC1. The van der Waals surface area contributed by atoms with Gasteiger partial charge in [-0.05, 0) is 58.3 Å². The largest absolute Gasteiger partial charge is 0.390 e. The molecule has 2 fully saturated rings. The fraction of sp³-hybridized carbons (Fsp3) is 0.714. The van der Waals surface area contributed by atoms with Crippen LogP contribution < -0.4 is 10.6 Å². The first-order valence-corrected chi connectivity index (χ1v) is 10.5. The topological polar surface area (TPSA) is 114 Å². The fourth-order valence-corrected chi connectivity index (χ4v) is 4.46. The van der Waals surface area contributed by atoms with Crippen LogP contribution in [0.1, 0.15) is 63.9 Å². The van der Waals surface area contributed by atoms with E-state index in [1.807, 2.05) is 6.92 Å². The van der Waals surface area contributed by atoms with Crippen molar-refractivity contribution in [3.63, 3.8) is 0 Å². The van der Waals surface area contributed by atoms with Gasteiger partial charge in [0.05, 0.1) is 11.8 Å². The van der Waals surface area contributed by atoms with E-state index in [0.717, 1.165) is 44.9 Å². The van der Waals surface area contributed by atoms with E-state index in [1.54, 1.807) is 25.2 Å². The Morgan fingerprint density at radius 3 is 2.59 bits per heavy atom. The number of aliphatic hydroxyl groups is 1. The molecule has 1 amide bonds. The minimum Gasteiger partial charge on any atom is -0.390 e. The number of carbonyl (C=O) groups excluding carboxylic acids is 1. The van der Waals surface area contributed by atoms with Gasteiger partial charge in [0.25, 0.3) is 0 Å². The lowest BCUT2D eigenvalue weighted by molar-refractivity contribution is -0.133. The maximum absolute atomic E-state index is 12.1. The zero-order chi connectivity index (χ0) is 21.0. The molecule has 158 valence electrons. The Hall–Kier alpha value is -2.40. The third kappa shape index (κ3) is 5.57. The Labute approximate surface area is 172 Å². The number of hydrogen-bond donors (Lipinski definition) is 3. The molecule has 2 saturated carbocycles. The van der Waals surface area contributed by atoms with E-state index >= 15 is 0 Å². The Kier molecular flexibility index (Phi) is 6.58. The van der Waals surface area contributed by atoms with Gasteiger partial charge >= 0.3 is 0 Å². The summed E-state index contributed by atoms with van der Waals surface area (Å²) in [6, 6.07) is 2.45. The van der Waals surface area contributed by atoms with Crippen molar-refractivity contribution >= 4 is 17.7 Å². The smallest absolute Gasteiger partial charge is 0.225 e. The third-order valence-electron chi connectivity index (χ3n) is 6.05. The summed E-state index contributed by atoms with van der Waals surface area (Å²) >= 11 is 0. The lowest BCUT2D eigenvalue weighted by atomic mass is 9.83. The fourth-order valence-electron chi connectivity index (χ4n) is 4.46. The van der Waals surface area contributed by atoms with Crippen molar-refractivity contribution in [3.8, 4) is 6.07 Å². The summed E-state index contributed by atoms with van der Waals surface area (Å²) in [5.74, 6) is 1.31. The number of anilines is 2. The molecule has 8 heteroatoms. The van der Waals surface area contributed by atoms with Crippen molar-refractivity contribution < 1.29 is 9.90 Å². The highest BCUT2D eigenvalue weighted by Gasteiger charge is 2.31. The first-order chi connectivity index (χ1) is 13.8. The van der Waals surface area contributed by atoms with Crippen LogP contribution >= 0.6 is 0 Å². The average molecular weight is 401 g/mol. The molecule has 2 aliphatic rings. The van der Waals surface area contributed by atoms with Crippen molar-refractivity contribution in [3.05, 3.63) is 11.8 Å². The minimum absolute atomic E-state index is 0.0843. The van der Waals surface area contributed by atoms with E-state index in [9.17, 15) is 15.2 Å². The molecule has 29 heavy (non-hydrogen) atoms. The Morgan fingerprint density at radius 2 is 1.97 bits per heavy atom. The van der Waals surface area contributed by atoms with Crippen molar-refractivity contribution in [2.75, 3.05) is 24.7 Å². The second kappa shape index (κ2) is 8.95. The summed E-state index contributed by atoms with van der Waals surface area (Å²) < 4.78 is 0. The van der Waals surface area contributed by atoms with Gasteiger partial charge in [-0.15, -0.1) is 0 Å². The van der Waals surface area contributed by atoms with E-state index in [2.05, 4.69) is 26.7 Å². The van der Waals surface area contributed by atoms with Crippen LogP contribution in [-0.4, -0.2) is 57.7 Å². The van der Waals surface area contributed by atoms with Crippen molar-refractivity contribution in [2.45, 2.75) is 76.0 Å². The number of hydrogen-bond acceptors (Lipinski definition) is 7. The van der Waals surface area contributed by atoms with Gasteiger partial charge in [0.15, 0.2) is 0 Å². The first kappa shape index (κ1) is 21.3. The van der Waals surface area contributed by atoms with E-state index < -0.39 is 5.60 Å². The highest BCUT2D eigenvalue weighted by atomic mass is 16.3. The summed E-state index contributed by atoms with van der Waals surface area (Å²) in [6.07, 6.45) is 8.35. The number of carbonyl (C=O) groups is 1.